The van der Waals surface area contributed by atoms with Gasteiger partial charge in [0.25, 0.3) is 0 Å². The van der Waals surface area contributed by atoms with Crippen LogP contribution in [0.4, 0.5) is 5.69 Å². The van der Waals surface area contributed by atoms with Gasteiger partial charge in [-0.1, -0.05) is 20.8 Å². The molecule has 0 unspecified atom stereocenters. The Hall–Kier alpha value is -2.57. The number of hydrogen-bond acceptors (Lipinski definition) is 5. The standard InChI is InChI=1S/C20H28N2O5/c1-20(2,3)19(25)22-10-8-13(9-11-22)17(23)21-16-7-6-14(26-4)12-15(16)18(24)27-5/h6-7,12-13H,8-11H2,1-5H3,(H,21,23). The number of methoxy groups -OCH3 is 2. The third kappa shape index (κ3) is 4.99. The number of hydrogen-bond donors (Lipinski definition) is 1. The Morgan fingerprint density at radius 1 is 1.11 bits per heavy atom. The van der Waals surface area contributed by atoms with Gasteiger partial charge < -0.3 is 19.7 Å². The van der Waals surface area contributed by atoms with E-state index >= 15 is 0 Å². The molecular formula is C20H28N2O5. The Morgan fingerprint density at radius 3 is 2.26 bits per heavy atom. The molecule has 7 nitrogen and oxygen atoms in total. The monoisotopic (exact) mass is 376 g/mol. The summed E-state index contributed by atoms with van der Waals surface area (Å²) in [6.07, 6.45) is 1.19. The van der Waals surface area contributed by atoms with E-state index < -0.39 is 11.4 Å². The summed E-state index contributed by atoms with van der Waals surface area (Å²) in [5.74, 6) is -0.309. The number of nitrogens with one attached hydrogen (secondary N) is 1. The zero-order valence-corrected chi connectivity index (χ0v) is 16.6. The minimum absolute atomic E-state index is 0.101. The van der Waals surface area contributed by atoms with E-state index in [-0.39, 0.29) is 23.3 Å². The molecule has 0 aliphatic carbocycles. The predicted octanol–water partition coefficient (Wildman–Crippen LogP) is 2.71. The first-order chi connectivity index (χ1) is 12.7. The molecule has 1 aliphatic heterocycles. The maximum absolute atomic E-state index is 12.7. The minimum atomic E-state index is -0.546. The summed E-state index contributed by atoms with van der Waals surface area (Å²) in [6.45, 7) is 6.80. The second-order valence-electron chi connectivity index (χ2n) is 7.71. The van der Waals surface area contributed by atoms with E-state index in [2.05, 4.69) is 5.32 Å². The number of rotatable bonds is 4. The van der Waals surface area contributed by atoms with Crippen LogP contribution < -0.4 is 10.1 Å². The summed E-state index contributed by atoms with van der Waals surface area (Å²) in [5.41, 5.74) is 0.208. The van der Waals surface area contributed by atoms with Crippen molar-refractivity contribution in [2.75, 3.05) is 32.6 Å². The molecule has 148 valence electrons. The maximum Gasteiger partial charge on any atom is 0.340 e. The van der Waals surface area contributed by atoms with Gasteiger partial charge in [0.15, 0.2) is 0 Å². The summed E-state index contributed by atoms with van der Waals surface area (Å²) in [6, 6.07) is 4.83. The molecule has 1 saturated heterocycles. The van der Waals surface area contributed by atoms with Gasteiger partial charge in [-0.05, 0) is 31.0 Å². The van der Waals surface area contributed by atoms with Crippen LogP contribution >= 0.6 is 0 Å². The number of nitrogens with zero attached hydrogens (tertiary/aromatic N) is 1. The van der Waals surface area contributed by atoms with Crippen molar-refractivity contribution in [1.82, 2.24) is 4.90 Å². The maximum atomic E-state index is 12.7. The molecule has 1 aliphatic rings. The van der Waals surface area contributed by atoms with Gasteiger partial charge in [-0.15, -0.1) is 0 Å². The molecule has 2 amide bonds. The van der Waals surface area contributed by atoms with E-state index in [1.807, 2.05) is 25.7 Å². The zero-order chi connectivity index (χ0) is 20.2. The van der Waals surface area contributed by atoms with Gasteiger partial charge >= 0.3 is 5.97 Å². The molecule has 1 aromatic carbocycles. The van der Waals surface area contributed by atoms with Gasteiger partial charge in [-0.25, -0.2) is 4.79 Å². The Balaban J connectivity index is 2.04. The molecule has 0 atom stereocenters. The molecule has 0 bridgehead atoms. The van der Waals surface area contributed by atoms with Crippen LogP contribution in [-0.4, -0.2) is 50.0 Å². The molecule has 1 aromatic rings. The SMILES string of the molecule is COC(=O)c1cc(OC)ccc1NC(=O)C1CCN(C(=O)C(C)(C)C)CC1. The highest BCUT2D eigenvalue weighted by molar-refractivity contribution is 6.02. The molecule has 0 spiro atoms. The van der Waals surface area contributed by atoms with Crippen molar-refractivity contribution >= 4 is 23.5 Å². The Kier molecular flexibility index (Phi) is 6.46. The lowest BCUT2D eigenvalue weighted by molar-refractivity contribution is -0.142. The number of amides is 2. The largest absolute Gasteiger partial charge is 0.497 e. The van der Waals surface area contributed by atoms with Gasteiger partial charge in [0.1, 0.15) is 5.75 Å². The lowest BCUT2D eigenvalue weighted by Gasteiger charge is -2.35. The molecule has 1 heterocycles. The first-order valence-corrected chi connectivity index (χ1v) is 9.04. The number of ether oxygens (including phenoxy) is 2. The minimum Gasteiger partial charge on any atom is -0.497 e. The number of piperidine rings is 1. The molecule has 7 heteroatoms. The second kappa shape index (κ2) is 8.41. The first kappa shape index (κ1) is 20.7. The molecular weight excluding hydrogens is 348 g/mol. The van der Waals surface area contributed by atoms with Crippen molar-refractivity contribution in [3.05, 3.63) is 23.8 Å². The average Bonchev–Trinajstić information content (AvgIpc) is 2.66. The smallest absolute Gasteiger partial charge is 0.340 e. The highest BCUT2D eigenvalue weighted by atomic mass is 16.5. The van der Waals surface area contributed by atoms with Crippen LogP contribution in [0.3, 0.4) is 0 Å². The molecule has 1 fully saturated rings. The quantitative estimate of drug-likeness (QED) is 0.817. The van der Waals surface area contributed by atoms with Gasteiger partial charge in [-0.3, -0.25) is 9.59 Å². The zero-order valence-electron chi connectivity index (χ0n) is 16.6. The van der Waals surface area contributed by atoms with Gasteiger partial charge in [0.05, 0.1) is 25.5 Å². The first-order valence-electron chi connectivity index (χ1n) is 9.04. The number of esters is 1. The second-order valence-corrected chi connectivity index (χ2v) is 7.71. The number of benzene rings is 1. The van der Waals surface area contributed by atoms with Crippen molar-refractivity contribution < 1.29 is 23.9 Å². The van der Waals surface area contributed by atoms with Crippen molar-refractivity contribution in [2.45, 2.75) is 33.6 Å². The highest BCUT2D eigenvalue weighted by Crippen LogP contribution is 2.27. The topological polar surface area (TPSA) is 84.9 Å². The molecule has 1 N–H and O–H groups in total. The summed E-state index contributed by atoms with van der Waals surface area (Å²) >= 11 is 0. The van der Waals surface area contributed by atoms with Gasteiger partial charge in [0.2, 0.25) is 11.8 Å². The lowest BCUT2D eigenvalue weighted by atomic mass is 9.90. The Bertz CT molecular complexity index is 716. The van der Waals surface area contributed by atoms with E-state index in [4.69, 9.17) is 9.47 Å². The number of anilines is 1. The summed E-state index contributed by atoms with van der Waals surface area (Å²) in [5, 5.41) is 2.82. The van der Waals surface area contributed by atoms with E-state index in [1.54, 1.807) is 12.1 Å². The van der Waals surface area contributed by atoms with Crippen LogP contribution in [-0.2, 0) is 14.3 Å². The normalized spacial score (nSPS) is 15.2. The number of carbonyl (C=O) groups is 3. The fourth-order valence-electron chi connectivity index (χ4n) is 3.09. The van der Waals surface area contributed by atoms with Crippen LogP contribution in [0.15, 0.2) is 18.2 Å². The summed E-state index contributed by atoms with van der Waals surface area (Å²) in [7, 11) is 2.79. The van der Waals surface area contributed by atoms with Crippen LogP contribution in [0.5, 0.6) is 5.75 Å². The number of likely N-dealkylation sites (tertiary alicyclic amines) is 1. The molecule has 2 rings (SSSR count). The van der Waals surface area contributed by atoms with Gasteiger partial charge in [-0.2, -0.15) is 0 Å². The van der Waals surface area contributed by atoms with Crippen molar-refractivity contribution in [2.24, 2.45) is 11.3 Å². The molecule has 0 saturated carbocycles. The average molecular weight is 376 g/mol. The van der Waals surface area contributed by atoms with Crippen LogP contribution in [0, 0.1) is 11.3 Å². The highest BCUT2D eigenvalue weighted by Gasteiger charge is 2.32. The summed E-state index contributed by atoms with van der Waals surface area (Å²) < 4.78 is 9.92. The van der Waals surface area contributed by atoms with Crippen LogP contribution in [0.1, 0.15) is 44.0 Å². The van der Waals surface area contributed by atoms with Crippen molar-refractivity contribution in [1.29, 1.82) is 0 Å². The fourth-order valence-corrected chi connectivity index (χ4v) is 3.09. The fraction of sp³-hybridized carbons (Fsp3) is 0.550. The van der Waals surface area contributed by atoms with Gasteiger partial charge in [0, 0.05) is 24.4 Å². The number of carbonyl (C=O) groups excluding carboxylic acids is 3. The molecule has 0 radical (unpaired) electrons. The van der Waals surface area contributed by atoms with E-state index in [0.717, 1.165) is 0 Å². The lowest BCUT2D eigenvalue weighted by Crippen LogP contribution is -2.45. The van der Waals surface area contributed by atoms with E-state index in [9.17, 15) is 14.4 Å². The van der Waals surface area contributed by atoms with Crippen molar-refractivity contribution in [3.63, 3.8) is 0 Å². The predicted molar refractivity (Wildman–Crippen MR) is 102 cm³/mol. The van der Waals surface area contributed by atoms with Crippen molar-refractivity contribution in [3.8, 4) is 5.75 Å². The molecule has 0 aromatic heterocycles. The summed E-state index contributed by atoms with van der Waals surface area (Å²) in [4.78, 5) is 38.8. The Morgan fingerprint density at radius 2 is 1.74 bits per heavy atom. The third-order valence-corrected chi connectivity index (χ3v) is 4.68. The van der Waals surface area contributed by atoms with E-state index in [0.29, 0.717) is 37.4 Å². The van der Waals surface area contributed by atoms with E-state index in [1.165, 1.54) is 20.3 Å². The Labute approximate surface area is 160 Å². The van der Waals surface area contributed by atoms with Crippen LogP contribution in [0.2, 0.25) is 0 Å². The van der Waals surface area contributed by atoms with Crippen LogP contribution in [0.25, 0.3) is 0 Å². The third-order valence-electron chi connectivity index (χ3n) is 4.68. The molecule has 27 heavy (non-hydrogen) atoms.